The summed E-state index contributed by atoms with van der Waals surface area (Å²) in [5, 5.41) is 2.54. The van der Waals surface area contributed by atoms with Crippen LogP contribution in [0, 0.1) is 5.82 Å². The Hall–Kier alpha value is -3.57. The summed E-state index contributed by atoms with van der Waals surface area (Å²) in [6.45, 7) is 0. The molecule has 0 atom stereocenters. The van der Waals surface area contributed by atoms with Gasteiger partial charge in [-0.15, -0.1) is 0 Å². The van der Waals surface area contributed by atoms with Crippen molar-refractivity contribution in [2.24, 2.45) is 0 Å². The van der Waals surface area contributed by atoms with Crippen molar-refractivity contribution in [2.45, 2.75) is 6.18 Å². The normalized spacial score (nSPS) is 11.4. The second kappa shape index (κ2) is 6.38. The predicted octanol–water partition coefficient (Wildman–Crippen LogP) is 2.39. The Bertz CT molecular complexity index is 960. The van der Waals surface area contributed by atoms with E-state index in [1.54, 1.807) is 0 Å². The molecule has 26 heavy (non-hydrogen) atoms. The van der Waals surface area contributed by atoms with Gasteiger partial charge in [0.1, 0.15) is 17.2 Å². The van der Waals surface area contributed by atoms with Crippen molar-refractivity contribution in [3.63, 3.8) is 0 Å². The lowest BCUT2D eigenvalue weighted by Gasteiger charge is -2.10. The minimum Gasteiger partial charge on any atom is -0.384 e. The number of alkyl halides is 3. The van der Waals surface area contributed by atoms with Gasteiger partial charge in [0.05, 0.1) is 0 Å². The summed E-state index contributed by atoms with van der Waals surface area (Å²) in [7, 11) is 0. The summed E-state index contributed by atoms with van der Waals surface area (Å²) in [6.07, 6.45) is -3.65. The number of nitrogens with one attached hydrogen (secondary N) is 1. The molecule has 12 heteroatoms. The maximum atomic E-state index is 13.9. The Balaban J connectivity index is 1.98. The van der Waals surface area contributed by atoms with Crippen molar-refractivity contribution in [1.29, 1.82) is 0 Å². The van der Waals surface area contributed by atoms with E-state index in [9.17, 15) is 17.6 Å². The molecule has 0 aliphatic rings. The number of nitrogen functional groups attached to an aromatic ring is 2. The Morgan fingerprint density at radius 2 is 1.73 bits per heavy atom. The van der Waals surface area contributed by atoms with E-state index in [-0.39, 0.29) is 34.9 Å². The third kappa shape index (κ3) is 3.74. The number of nitrogens with two attached hydrogens (primary N) is 2. The Labute approximate surface area is 143 Å². The number of anilines is 4. The van der Waals surface area contributed by atoms with Gasteiger partial charge in [-0.3, -0.25) is 4.98 Å². The van der Waals surface area contributed by atoms with Crippen molar-refractivity contribution in [3.8, 4) is 11.5 Å². The van der Waals surface area contributed by atoms with Gasteiger partial charge in [-0.1, -0.05) is 0 Å². The smallest absolute Gasteiger partial charge is 0.384 e. The maximum Gasteiger partial charge on any atom is 0.433 e. The van der Waals surface area contributed by atoms with E-state index >= 15 is 0 Å². The highest BCUT2D eigenvalue weighted by atomic mass is 19.4. The lowest BCUT2D eigenvalue weighted by Crippen LogP contribution is -2.09. The van der Waals surface area contributed by atoms with Crippen LogP contribution in [0.5, 0.6) is 0 Å². The summed E-state index contributed by atoms with van der Waals surface area (Å²) in [6, 6.07) is 4.36. The predicted molar refractivity (Wildman–Crippen MR) is 84.4 cm³/mol. The van der Waals surface area contributed by atoms with Crippen LogP contribution >= 0.6 is 0 Å². The standard InChI is InChI=1S/C14H10F4N8/c15-7-1-2-9(19)23-10(7)11-24-12(20)26-13(25-11)22-6-3-4-21-8(5-6)14(16,17)18/h1-5H,(H2,19,23)(H3,20,21,22,24,25,26). The van der Waals surface area contributed by atoms with Gasteiger partial charge in [0.25, 0.3) is 0 Å². The van der Waals surface area contributed by atoms with E-state index in [0.717, 1.165) is 18.3 Å². The summed E-state index contributed by atoms with van der Waals surface area (Å²) in [5.74, 6) is -1.44. The zero-order valence-electron chi connectivity index (χ0n) is 12.8. The van der Waals surface area contributed by atoms with Crippen molar-refractivity contribution < 1.29 is 17.6 Å². The largest absolute Gasteiger partial charge is 0.433 e. The maximum absolute atomic E-state index is 13.9. The highest BCUT2D eigenvalue weighted by Gasteiger charge is 2.32. The van der Waals surface area contributed by atoms with Gasteiger partial charge >= 0.3 is 6.18 Å². The molecular weight excluding hydrogens is 356 g/mol. The molecule has 3 aromatic heterocycles. The molecule has 0 radical (unpaired) electrons. The highest BCUT2D eigenvalue weighted by Crippen LogP contribution is 2.29. The van der Waals surface area contributed by atoms with Gasteiger partial charge in [-0.25, -0.2) is 9.37 Å². The lowest BCUT2D eigenvalue weighted by molar-refractivity contribution is -0.141. The number of nitrogens with zero attached hydrogens (tertiary/aromatic N) is 5. The van der Waals surface area contributed by atoms with Gasteiger partial charge in [0, 0.05) is 11.9 Å². The number of pyridine rings is 2. The van der Waals surface area contributed by atoms with Gasteiger partial charge in [-0.2, -0.15) is 28.1 Å². The summed E-state index contributed by atoms with van der Waals surface area (Å²) >= 11 is 0. The summed E-state index contributed by atoms with van der Waals surface area (Å²) in [5.41, 5.74) is 9.70. The van der Waals surface area contributed by atoms with Gasteiger partial charge in [0.15, 0.2) is 11.6 Å². The molecule has 0 spiro atoms. The number of hydrogen-bond acceptors (Lipinski definition) is 8. The average Bonchev–Trinajstić information content (AvgIpc) is 2.56. The first kappa shape index (κ1) is 17.3. The molecule has 0 amide bonds. The average molecular weight is 366 g/mol. The number of rotatable bonds is 3. The zero-order valence-corrected chi connectivity index (χ0v) is 12.8. The molecule has 8 nitrogen and oxygen atoms in total. The van der Waals surface area contributed by atoms with E-state index in [2.05, 4.69) is 30.2 Å². The fourth-order valence-corrected chi connectivity index (χ4v) is 1.96. The molecule has 5 N–H and O–H groups in total. The molecule has 134 valence electrons. The quantitative estimate of drug-likeness (QED) is 0.603. The van der Waals surface area contributed by atoms with E-state index in [4.69, 9.17) is 11.5 Å². The molecule has 3 rings (SSSR count). The molecule has 0 saturated heterocycles. The van der Waals surface area contributed by atoms with Crippen molar-refractivity contribution in [1.82, 2.24) is 24.9 Å². The number of halogens is 4. The van der Waals surface area contributed by atoms with Crippen LogP contribution in [0.25, 0.3) is 11.5 Å². The second-order valence-corrected chi connectivity index (χ2v) is 4.96. The molecule has 0 aliphatic carbocycles. The first-order valence-electron chi connectivity index (χ1n) is 6.96. The number of hydrogen-bond donors (Lipinski definition) is 3. The van der Waals surface area contributed by atoms with Crippen molar-refractivity contribution in [3.05, 3.63) is 42.0 Å². The zero-order chi connectivity index (χ0) is 18.9. The van der Waals surface area contributed by atoms with Crippen LogP contribution in [0.4, 0.5) is 41.0 Å². The van der Waals surface area contributed by atoms with E-state index in [1.165, 1.54) is 12.1 Å². The van der Waals surface area contributed by atoms with Crippen LogP contribution < -0.4 is 16.8 Å². The highest BCUT2D eigenvalue weighted by molar-refractivity contribution is 5.59. The van der Waals surface area contributed by atoms with Crippen LogP contribution in [0.3, 0.4) is 0 Å². The molecule has 0 fully saturated rings. The van der Waals surface area contributed by atoms with Gasteiger partial charge in [0.2, 0.25) is 11.9 Å². The second-order valence-electron chi connectivity index (χ2n) is 4.96. The molecular formula is C14H10F4N8. The minimum atomic E-state index is -4.62. The van der Waals surface area contributed by atoms with Gasteiger partial charge in [-0.05, 0) is 24.3 Å². The molecule has 0 bridgehead atoms. The van der Waals surface area contributed by atoms with Crippen LogP contribution in [-0.4, -0.2) is 24.9 Å². The van der Waals surface area contributed by atoms with Crippen molar-refractivity contribution >= 4 is 23.4 Å². The first-order valence-corrected chi connectivity index (χ1v) is 6.96. The van der Waals surface area contributed by atoms with Crippen LogP contribution in [0.2, 0.25) is 0 Å². The third-order valence-electron chi connectivity index (χ3n) is 3.04. The Kier molecular flexibility index (Phi) is 4.24. The minimum absolute atomic E-state index is 0.00452. The molecule has 3 heterocycles. The van der Waals surface area contributed by atoms with Crippen molar-refractivity contribution in [2.75, 3.05) is 16.8 Å². The van der Waals surface area contributed by atoms with Crippen LogP contribution in [0.1, 0.15) is 5.69 Å². The van der Waals surface area contributed by atoms with E-state index in [1.807, 2.05) is 0 Å². The van der Waals surface area contributed by atoms with Gasteiger partial charge < -0.3 is 16.8 Å². The SMILES string of the molecule is Nc1ccc(F)c(-c2nc(N)nc(Nc3ccnc(C(F)(F)F)c3)n2)n1. The third-order valence-corrected chi connectivity index (χ3v) is 3.04. The Morgan fingerprint density at radius 3 is 2.46 bits per heavy atom. The topological polar surface area (TPSA) is 129 Å². The molecule has 0 aliphatic heterocycles. The van der Waals surface area contributed by atoms with Crippen LogP contribution in [-0.2, 0) is 6.18 Å². The monoisotopic (exact) mass is 366 g/mol. The lowest BCUT2D eigenvalue weighted by atomic mass is 10.3. The first-order chi connectivity index (χ1) is 12.2. The van der Waals surface area contributed by atoms with Crippen LogP contribution in [0.15, 0.2) is 30.5 Å². The van der Waals surface area contributed by atoms with E-state index < -0.39 is 17.7 Å². The Morgan fingerprint density at radius 1 is 0.962 bits per heavy atom. The molecule has 0 aromatic carbocycles. The number of aromatic nitrogens is 5. The summed E-state index contributed by atoms with van der Waals surface area (Å²) < 4.78 is 52.1. The molecule has 3 aromatic rings. The fraction of sp³-hybridized carbons (Fsp3) is 0.0714. The van der Waals surface area contributed by atoms with E-state index in [0.29, 0.717) is 0 Å². The molecule has 0 unspecified atom stereocenters. The molecule has 0 saturated carbocycles. The fourth-order valence-electron chi connectivity index (χ4n) is 1.96. The summed E-state index contributed by atoms with van der Waals surface area (Å²) in [4.78, 5) is 18.5.